The van der Waals surface area contributed by atoms with E-state index in [4.69, 9.17) is 4.74 Å². The Labute approximate surface area is 188 Å². The van der Waals surface area contributed by atoms with Crippen LogP contribution in [0.2, 0.25) is 0 Å². The van der Waals surface area contributed by atoms with E-state index in [0.717, 1.165) is 29.9 Å². The predicted molar refractivity (Wildman–Crippen MR) is 126 cm³/mol. The zero-order valence-corrected chi connectivity index (χ0v) is 18.9. The summed E-state index contributed by atoms with van der Waals surface area (Å²) in [6.45, 7) is 2.99. The number of methoxy groups -OCH3 is 1. The molecule has 1 fully saturated rings. The van der Waals surface area contributed by atoms with Crippen LogP contribution in [-0.4, -0.2) is 46.7 Å². The molecule has 0 aliphatic carbocycles. The van der Waals surface area contributed by atoms with Gasteiger partial charge in [0.2, 0.25) is 5.91 Å². The smallest absolute Gasteiger partial charge is 0.328 e. The minimum absolute atomic E-state index is 0.0413. The maximum absolute atomic E-state index is 12.7. The Morgan fingerprint density at radius 3 is 2.41 bits per heavy atom. The molecule has 7 nitrogen and oxygen atoms in total. The highest BCUT2D eigenvalue weighted by molar-refractivity contribution is 5.78. The van der Waals surface area contributed by atoms with Crippen LogP contribution in [0.5, 0.6) is 5.75 Å². The Kier molecular flexibility index (Phi) is 6.95. The van der Waals surface area contributed by atoms with E-state index < -0.39 is 0 Å². The standard InChI is InChI=1S/C25H32N4O3/c1-27-21-8-4-5-9-22(21)29(25(27)31)17-14-24(30)26-18-23(28-15-6-3-7-16-28)19-10-12-20(32-2)13-11-19/h4-5,8-13,23H,3,6-7,14-18H2,1-2H3,(H,26,30). The van der Waals surface area contributed by atoms with Gasteiger partial charge < -0.3 is 10.1 Å². The van der Waals surface area contributed by atoms with Crippen molar-refractivity contribution in [1.82, 2.24) is 19.4 Å². The molecule has 0 spiro atoms. The Morgan fingerprint density at radius 2 is 1.72 bits per heavy atom. The summed E-state index contributed by atoms with van der Waals surface area (Å²) in [7, 11) is 3.43. The summed E-state index contributed by atoms with van der Waals surface area (Å²) in [4.78, 5) is 27.8. The molecule has 1 aromatic heterocycles. The molecule has 2 aromatic carbocycles. The van der Waals surface area contributed by atoms with E-state index in [1.165, 1.54) is 24.8 Å². The third-order valence-electron chi connectivity index (χ3n) is 6.44. The predicted octanol–water partition coefficient (Wildman–Crippen LogP) is 3.08. The highest BCUT2D eigenvalue weighted by Crippen LogP contribution is 2.26. The highest BCUT2D eigenvalue weighted by Gasteiger charge is 2.23. The quantitative estimate of drug-likeness (QED) is 0.589. The van der Waals surface area contributed by atoms with E-state index in [0.29, 0.717) is 13.1 Å². The fourth-order valence-electron chi connectivity index (χ4n) is 4.61. The molecule has 0 bridgehead atoms. The number of aromatic nitrogens is 2. The number of nitrogens with zero attached hydrogens (tertiary/aromatic N) is 3. The number of rotatable bonds is 8. The van der Waals surface area contributed by atoms with Gasteiger partial charge >= 0.3 is 5.69 Å². The molecule has 170 valence electrons. The molecular weight excluding hydrogens is 404 g/mol. The number of likely N-dealkylation sites (tertiary alicyclic amines) is 1. The van der Waals surface area contributed by atoms with Crippen LogP contribution < -0.4 is 15.7 Å². The van der Waals surface area contributed by atoms with Gasteiger partial charge in [-0.15, -0.1) is 0 Å². The molecule has 1 saturated heterocycles. The third-order valence-corrected chi connectivity index (χ3v) is 6.44. The number of carbonyl (C=O) groups is 1. The number of nitrogens with one attached hydrogen (secondary N) is 1. The van der Waals surface area contributed by atoms with E-state index in [-0.39, 0.29) is 24.1 Å². The van der Waals surface area contributed by atoms with Crippen LogP contribution in [0.3, 0.4) is 0 Å². The molecule has 1 aliphatic heterocycles. The van der Waals surface area contributed by atoms with Crippen LogP contribution >= 0.6 is 0 Å². The van der Waals surface area contributed by atoms with E-state index in [2.05, 4.69) is 22.3 Å². The van der Waals surface area contributed by atoms with Crippen molar-refractivity contribution in [2.45, 2.75) is 38.3 Å². The van der Waals surface area contributed by atoms with Crippen molar-refractivity contribution in [3.63, 3.8) is 0 Å². The molecule has 3 aromatic rings. The first-order chi connectivity index (χ1) is 15.6. The summed E-state index contributed by atoms with van der Waals surface area (Å²) in [5.41, 5.74) is 2.82. The first-order valence-corrected chi connectivity index (χ1v) is 11.4. The average molecular weight is 437 g/mol. The Morgan fingerprint density at radius 1 is 1.03 bits per heavy atom. The van der Waals surface area contributed by atoms with Gasteiger partial charge in [0.25, 0.3) is 0 Å². The lowest BCUT2D eigenvalue weighted by molar-refractivity contribution is -0.121. The molecule has 4 rings (SSSR count). The highest BCUT2D eigenvalue weighted by atomic mass is 16.5. The van der Waals surface area contributed by atoms with Gasteiger partial charge in [-0.25, -0.2) is 4.79 Å². The Hall–Kier alpha value is -3.06. The number of hydrogen-bond acceptors (Lipinski definition) is 4. The van der Waals surface area contributed by atoms with Crippen LogP contribution in [0, 0.1) is 0 Å². The normalized spacial score (nSPS) is 15.6. The van der Waals surface area contributed by atoms with E-state index in [1.807, 2.05) is 36.4 Å². The van der Waals surface area contributed by atoms with Gasteiger partial charge in [0, 0.05) is 26.6 Å². The van der Waals surface area contributed by atoms with Crippen LogP contribution in [-0.2, 0) is 18.4 Å². The zero-order valence-electron chi connectivity index (χ0n) is 18.9. The van der Waals surface area contributed by atoms with Crippen molar-refractivity contribution in [2.75, 3.05) is 26.7 Å². The molecule has 1 atom stereocenters. The largest absolute Gasteiger partial charge is 0.497 e. The van der Waals surface area contributed by atoms with Crippen molar-refractivity contribution in [1.29, 1.82) is 0 Å². The molecule has 0 saturated carbocycles. The van der Waals surface area contributed by atoms with E-state index in [1.54, 1.807) is 23.3 Å². The second-order valence-corrected chi connectivity index (χ2v) is 8.42. The fourth-order valence-corrected chi connectivity index (χ4v) is 4.61. The average Bonchev–Trinajstić information content (AvgIpc) is 3.08. The molecule has 32 heavy (non-hydrogen) atoms. The van der Waals surface area contributed by atoms with Crippen molar-refractivity contribution < 1.29 is 9.53 Å². The first kappa shape index (κ1) is 22.1. The maximum Gasteiger partial charge on any atom is 0.328 e. The van der Waals surface area contributed by atoms with Crippen LogP contribution in [0.25, 0.3) is 11.0 Å². The van der Waals surface area contributed by atoms with E-state index in [9.17, 15) is 9.59 Å². The number of aryl methyl sites for hydroxylation is 2. The van der Waals surface area contributed by atoms with Gasteiger partial charge in [0.1, 0.15) is 5.75 Å². The van der Waals surface area contributed by atoms with Gasteiger partial charge in [0.05, 0.1) is 24.2 Å². The monoisotopic (exact) mass is 436 g/mol. The molecule has 1 N–H and O–H groups in total. The lowest BCUT2D eigenvalue weighted by atomic mass is 10.0. The lowest BCUT2D eigenvalue weighted by Crippen LogP contribution is -2.40. The Balaban J connectivity index is 1.42. The number of imidazole rings is 1. The molecule has 0 radical (unpaired) electrons. The van der Waals surface area contributed by atoms with Crippen molar-refractivity contribution >= 4 is 16.9 Å². The minimum Gasteiger partial charge on any atom is -0.497 e. The minimum atomic E-state index is -0.0940. The fraction of sp³-hybridized carbons (Fsp3) is 0.440. The van der Waals surface area contributed by atoms with Gasteiger partial charge in [-0.1, -0.05) is 30.7 Å². The maximum atomic E-state index is 12.7. The Bertz CT molecular complexity index is 1110. The summed E-state index contributed by atoms with van der Waals surface area (Å²) >= 11 is 0. The summed E-state index contributed by atoms with van der Waals surface area (Å²) < 4.78 is 8.60. The number of carbonyl (C=O) groups excluding carboxylic acids is 1. The number of amides is 1. The van der Waals surface area contributed by atoms with Crippen LogP contribution in [0.4, 0.5) is 0 Å². The number of ether oxygens (including phenoxy) is 1. The molecule has 1 amide bonds. The van der Waals surface area contributed by atoms with Gasteiger partial charge in [-0.3, -0.25) is 18.8 Å². The van der Waals surface area contributed by atoms with Gasteiger partial charge in [0.15, 0.2) is 0 Å². The third kappa shape index (κ3) is 4.72. The second-order valence-electron chi connectivity index (χ2n) is 8.42. The van der Waals surface area contributed by atoms with Crippen LogP contribution in [0.1, 0.15) is 37.3 Å². The second kappa shape index (κ2) is 10.0. The van der Waals surface area contributed by atoms with Crippen molar-refractivity contribution in [2.24, 2.45) is 7.05 Å². The number of hydrogen-bond donors (Lipinski definition) is 1. The SMILES string of the molecule is COc1ccc(C(CNC(=O)CCn2c(=O)n(C)c3ccccc32)N2CCCCC2)cc1. The lowest BCUT2D eigenvalue weighted by Gasteiger charge is -2.35. The first-order valence-electron chi connectivity index (χ1n) is 11.4. The molecule has 1 aliphatic rings. The summed E-state index contributed by atoms with van der Waals surface area (Å²) in [6.07, 6.45) is 3.90. The van der Waals surface area contributed by atoms with Gasteiger partial charge in [-0.05, 0) is 55.8 Å². The number of benzene rings is 2. The summed E-state index contributed by atoms with van der Waals surface area (Å²) in [5.74, 6) is 0.788. The van der Waals surface area contributed by atoms with Crippen molar-refractivity contribution in [3.8, 4) is 5.75 Å². The number of para-hydroxylation sites is 2. The molecule has 2 heterocycles. The van der Waals surface area contributed by atoms with Crippen molar-refractivity contribution in [3.05, 3.63) is 64.6 Å². The summed E-state index contributed by atoms with van der Waals surface area (Å²) in [5, 5.41) is 3.12. The number of fused-ring (bicyclic) bond motifs is 1. The molecule has 1 unspecified atom stereocenters. The van der Waals surface area contributed by atoms with Crippen LogP contribution in [0.15, 0.2) is 53.3 Å². The molecule has 7 heteroatoms. The summed E-state index contributed by atoms with van der Waals surface area (Å²) in [6, 6.07) is 15.9. The van der Waals surface area contributed by atoms with Gasteiger partial charge in [-0.2, -0.15) is 0 Å². The zero-order chi connectivity index (χ0) is 22.5. The molecular formula is C25H32N4O3. The topological polar surface area (TPSA) is 68.5 Å². The number of piperidine rings is 1. The van der Waals surface area contributed by atoms with E-state index >= 15 is 0 Å².